The zero-order valence-corrected chi connectivity index (χ0v) is 16.9. The number of hydrogen-bond donors (Lipinski definition) is 1. The molecule has 1 amide bonds. The van der Waals surface area contributed by atoms with Gasteiger partial charge >= 0.3 is 0 Å². The molecule has 0 aliphatic rings. The highest BCUT2D eigenvalue weighted by molar-refractivity contribution is 7.99. The van der Waals surface area contributed by atoms with Gasteiger partial charge in [0.25, 0.3) is 0 Å². The van der Waals surface area contributed by atoms with Crippen LogP contribution in [0.25, 0.3) is 11.4 Å². The van der Waals surface area contributed by atoms with Crippen LogP contribution in [0.5, 0.6) is 0 Å². The van der Waals surface area contributed by atoms with E-state index in [1.165, 1.54) is 17.3 Å². The molecular formula is C21H24N4OS. The van der Waals surface area contributed by atoms with Crippen LogP contribution in [0, 0.1) is 0 Å². The van der Waals surface area contributed by atoms with Gasteiger partial charge in [0.2, 0.25) is 5.91 Å². The second-order valence-electron chi connectivity index (χ2n) is 7.40. The van der Waals surface area contributed by atoms with Crippen LogP contribution in [0.4, 0.5) is 5.69 Å². The summed E-state index contributed by atoms with van der Waals surface area (Å²) in [6, 6.07) is 17.9. The van der Waals surface area contributed by atoms with Crippen LogP contribution in [0.15, 0.2) is 59.8 Å². The van der Waals surface area contributed by atoms with Crippen molar-refractivity contribution >= 4 is 23.4 Å². The Morgan fingerprint density at radius 3 is 2.33 bits per heavy atom. The van der Waals surface area contributed by atoms with E-state index in [9.17, 15) is 4.79 Å². The van der Waals surface area contributed by atoms with E-state index in [2.05, 4.69) is 48.4 Å². The number of thioether (sulfide) groups is 1. The van der Waals surface area contributed by atoms with E-state index in [0.29, 0.717) is 5.16 Å². The molecule has 1 heterocycles. The first-order valence-electron chi connectivity index (χ1n) is 8.82. The molecule has 27 heavy (non-hydrogen) atoms. The van der Waals surface area contributed by atoms with Crippen molar-refractivity contribution in [2.24, 2.45) is 7.05 Å². The number of aromatic nitrogens is 3. The molecule has 1 aromatic heterocycles. The average Bonchev–Trinajstić information content (AvgIpc) is 3.01. The quantitative estimate of drug-likeness (QED) is 0.662. The number of nitrogens with one attached hydrogen (secondary N) is 1. The maximum absolute atomic E-state index is 12.3. The Balaban J connectivity index is 1.59. The van der Waals surface area contributed by atoms with Crippen molar-refractivity contribution in [2.45, 2.75) is 31.3 Å². The molecular weight excluding hydrogens is 356 g/mol. The third-order valence-electron chi connectivity index (χ3n) is 4.23. The van der Waals surface area contributed by atoms with Crippen molar-refractivity contribution in [3.05, 3.63) is 60.2 Å². The molecule has 0 atom stereocenters. The topological polar surface area (TPSA) is 59.8 Å². The Labute approximate surface area is 164 Å². The van der Waals surface area contributed by atoms with Crippen molar-refractivity contribution in [3.63, 3.8) is 0 Å². The second-order valence-corrected chi connectivity index (χ2v) is 8.34. The summed E-state index contributed by atoms with van der Waals surface area (Å²) in [5.41, 5.74) is 3.14. The van der Waals surface area contributed by atoms with Crippen molar-refractivity contribution in [1.82, 2.24) is 14.8 Å². The Morgan fingerprint density at radius 1 is 1.04 bits per heavy atom. The summed E-state index contributed by atoms with van der Waals surface area (Å²) in [5.74, 6) is 1.01. The Kier molecular flexibility index (Phi) is 5.65. The van der Waals surface area contributed by atoms with Gasteiger partial charge in [-0.25, -0.2) is 0 Å². The second kappa shape index (κ2) is 7.96. The fraction of sp³-hybridized carbons (Fsp3) is 0.286. The van der Waals surface area contributed by atoms with Gasteiger partial charge in [0, 0.05) is 18.3 Å². The predicted molar refractivity (Wildman–Crippen MR) is 111 cm³/mol. The first-order chi connectivity index (χ1) is 12.8. The van der Waals surface area contributed by atoms with Gasteiger partial charge in [0.15, 0.2) is 11.0 Å². The van der Waals surface area contributed by atoms with Gasteiger partial charge in [0.1, 0.15) is 0 Å². The molecule has 2 aromatic carbocycles. The minimum Gasteiger partial charge on any atom is -0.325 e. The smallest absolute Gasteiger partial charge is 0.234 e. The van der Waals surface area contributed by atoms with Crippen LogP contribution in [-0.2, 0) is 17.3 Å². The fourth-order valence-corrected chi connectivity index (χ4v) is 3.37. The number of amides is 1. The van der Waals surface area contributed by atoms with Gasteiger partial charge in [-0.15, -0.1) is 10.2 Å². The van der Waals surface area contributed by atoms with Gasteiger partial charge in [-0.1, -0.05) is 75.0 Å². The zero-order chi connectivity index (χ0) is 19.4. The molecule has 0 saturated carbocycles. The molecule has 0 spiro atoms. The van der Waals surface area contributed by atoms with Crippen LogP contribution >= 0.6 is 11.8 Å². The van der Waals surface area contributed by atoms with Crippen molar-refractivity contribution in [2.75, 3.05) is 11.1 Å². The molecule has 0 radical (unpaired) electrons. The van der Waals surface area contributed by atoms with E-state index >= 15 is 0 Å². The Morgan fingerprint density at radius 2 is 1.70 bits per heavy atom. The molecule has 0 unspecified atom stereocenters. The maximum Gasteiger partial charge on any atom is 0.234 e. The summed E-state index contributed by atoms with van der Waals surface area (Å²) >= 11 is 1.37. The summed E-state index contributed by atoms with van der Waals surface area (Å²) in [4.78, 5) is 12.3. The molecule has 3 rings (SSSR count). The molecule has 6 heteroatoms. The number of carbonyl (C=O) groups excluding carboxylic acids is 1. The van der Waals surface area contributed by atoms with Crippen molar-refractivity contribution in [3.8, 4) is 11.4 Å². The lowest BCUT2D eigenvalue weighted by atomic mass is 9.87. The molecule has 1 N–H and O–H groups in total. The lowest BCUT2D eigenvalue weighted by Crippen LogP contribution is -2.15. The van der Waals surface area contributed by atoms with Crippen LogP contribution in [0.3, 0.4) is 0 Å². The summed E-state index contributed by atoms with van der Waals surface area (Å²) in [7, 11) is 1.91. The minimum absolute atomic E-state index is 0.0623. The molecule has 0 saturated heterocycles. The average molecular weight is 381 g/mol. The van der Waals surface area contributed by atoms with E-state index in [4.69, 9.17) is 0 Å². The number of rotatable bonds is 5. The fourth-order valence-electron chi connectivity index (χ4n) is 2.66. The number of hydrogen-bond acceptors (Lipinski definition) is 4. The maximum atomic E-state index is 12.3. The standard InChI is InChI=1S/C21H24N4OS/c1-21(2,3)16-10-12-17(13-11-16)22-18(26)14-27-20-24-23-19(25(20)4)15-8-6-5-7-9-15/h5-13H,14H2,1-4H3,(H,22,26). The van der Waals surface area contributed by atoms with Crippen molar-refractivity contribution < 1.29 is 4.79 Å². The first kappa shape index (κ1) is 19.2. The minimum atomic E-state index is -0.0623. The van der Waals surface area contributed by atoms with Gasteiger partial charge in [0.05, 0.1) is 5.75 Å². The lowest BCUT2D eigenvalue weighted by Gasteiger charge is -2.19. The summed E-state index contributed by atoms with van der Waals surface area (Å²) in [5, 5.41) is 12.1. The molecule has 3 aromatic rings. The van der Waals surface area contributed by atoms with Crippen LogP contribution < -0.4 is 5.32 Å². The molecule has 0 fully saturated rings. The summed E-state index contributed by atoms with van der Waals surface area (Å²) in [6.45, 7) is 6.51. The lowest BCUT2D eigenvalue weighted by molar-refractivity contribution is -0.113. The van der Waals surface area contributed by atoms with E-state index in [1.54, 1.807) is 0 Å². The van der Waals surface area contributed by atoms with Gasteiger partial charge < -0.3 is 9.88 Å². The van der Waals surface area contributed by atoms with E-state index in [0.717, 1.165) is 17.1 Å². The van der Waals surface area contributed by atoms with Crippen LogP contribution in [0.2, 0.25) is 0 Å². The van der Waals surface area contributed by atoms with E-state index < -0.39 is 0 Å². The summed E-state index contributed by atoms with van der Waals surface area (Å²) < 4.78 is 1.91. The highest BCUT2D eigenvalue weighted by atomic mass is 32.2. The molecule has 140 valence electrons. The van der Waals surface area contributed by atoms with E-state index in [1.807, 2.05) is 54.1 Å². The highest BCUT2D eigenvalue weighted by Gasteiger charge is 2.14. The summed E-state index contributed by atoms with van der Waals surface area (Å²) in [6.07, 6.45) is 0. The molecule has 0 aliphatic carbocycles. The van der Waals surface area contributed by atoms with Crippen molar-refractivity contribution in [1.29, 1.82) is 0 Å². The van der Waals surface area contributed by atoms with E-state index in [-0.39, 0.29) is 17.1 Å². The zero-order valence-electron chi connectivity index (χ0n) is 16.1. The number of nitrogens with zero attached hydrogens (tertiary/aromatic N) is 3. The van der Waals surface area contributed by atoms with Crippen LogP contribution in [-0.4, -0.2) is 26.4 Å². The first-order valence-corrected chi connectivity index (χ1v) is 9.81. The third-order valence-corrected chi connectivity index (χ3v) is 5.25. The van der Waals surface area contributed by atoms with Crippen LogP contribution in [0.1, 0.15) is 26.3 Å². The Bertz CT molecular complexity index is 912. The molecule has 5 nitrogen and oxygen atoms in total. The predicted octanol–water partition coefficient (Wildman–Crippen LogP) is 4.51. The number of carbonyl (C=O) groups is 1. The Hall–Kier alpha value is -2.60. The number of benzene rings is 2. The normalized spacial score (nSPS) is 11.4. The third kappa shape index (κ3) is 4.77. The number of anilines is 1. The van der Waals surface area contributed by atoms with Gasteiger partial charge in [-0.05, 0) is 23.1 Å². The molecule has 0 bridgehead atoms. The SMILES string of the molecule is Cn1c(SCC(=O)Nc2ccc(C(C)(C)C)cc2)nnc1-c1ccccc1. The van der Waals surface area contributed by atoms with Gasteiger partial charge in [-0.3, -0.25) is 4.79 Å². The van der Waals surface area contributed by atoms with Gasteiger partial charge in [-0.2, -0.15) is 0 Å². The highest BCUT2D eigenvalue weighted by Crippen LogP contribution is 2.24. The molecule has 0 aliphatic heterocycles. The monoisotopic (exact) mass is 380 g/mol. The largest absolute Gasteiger partial charge is 0.325 e.